The zero-order chi connectivity index (χ0) is 15.9. The molecule has 0 saturated carbocycles. The van der Waals surface area contributed by atoms with Crippen LogP contribution in [0.5, 0.6) is 11.5 Å². The van der Waals surface area contributed by atoms with Crippen LogP contribution < -0.4 is 9.47 Å². The third kappa shape index (κ3) is 3.65. The summed E-state index contributed by atoms with van der Waals surface area (Å²) < 4.78 is 15.8. The standard InChI is InChI=1S/C16H17NO4S/c1-4-6-14(18)21-9-11-10-22-16(17-11)12-7-5-8-13(19-2)15(12)20-3/h4-8,10H,9H2,1-3H3. The highest BCUT2D eigenvalue weighted by Gasteiger charge is 2.14. The van der Waals surface area contributed by atoms with Gasteiger partial charge in [0, 0.05) is 11.5 Å². The van der Waals surface area contributed by atoms with Crippen LogP contribution in [0.2, 0.25) is 0 Å². The molecule has 1 aromatic heterocycles. The first-order valence-electron chi connectivity index (χ1n) is 6.64. The number of aromatic nitrogens is 1. The number of thiazole rings is 1. The Hall–Kier alpha value is -2.34. The first-order valence-corrected chi connectivity index (χ1v) is 7.52. The van der Waals surface area contributed by atoms with Crippen LogP contribution in [0.25, 0.3) is 10.6 Å². The lowest BCUT2D eigenvalue weighted by atomic mass is 10.2. The quantitative estimate of drug-likeness (QED) is 0.603. The monoisotopic (exact) mass is 319 g/mol. The lowest BCUT2D eigenvalue weighted by Gasteiger charge is -2.10. The molecular formula is C16H17NO4S. The van der Waals surface area contributed by atoms with E-state index in [-0.39, 0.29) is 12.6 Å². The van der Waals surface area contributed by atoms with E-state index >= 15 is 0 Å². The number of rotatable bonds is 6. The van der Waals surface area contributed by atoms with Gasteiger partial charge in [0.2, 0.25) is 0 Å². The largest absolute Gasteiger partial charge is 0.493 e. The van der Waals surface area contributed by atoms with Gasteiger partial charge in [0.25, 0.3) is 0 Å². The van der Waals surface area contributed by atoms with Crippen LogP contribution >= 0.6 is 11.3 Å². The van der Waals surface area contributed by atoms with Crippen LogP contribution in [0.4, 0.5) is 0 Å². The average Bonchev–Trinajstić information content (AvgIpc) is 3.01. The Labute approximate surface area is 133 Å². The van der Waals surface area contributed by atoms with Crippen molar-refractivity contribution in [1.29, 1.82) is 0 Å². The van der Waals surface area contributed by atoms with Crippen LogP contribution in [-0.4, -0.2) is 25.2 Å². The van der Waals surface area contributed by atoms with E-state index < -0.39 is 0 Å². The summed E-state index contributed by atoms with van der Waals surface area (Å²) in [4.78, 5) is 15.8. The lowest BCUT2D eigenvalue weighted by molar-refractivity contribution is -0.139. The minimum Gasteiger partial charge on any atom is -0.493 e. The number of carbonyl (C=O) groups is 1. The minimum atomic E-state index is -0.379. The molecule has 2 aromatic rings. The lowest BCUT2D eigenvalue weighted by Crippen LogP contribution is -2.00. The molecule has 22 heavy (non-hydrogen) atoms. The number of benzene rings is 1. The molecule has 1 aromatic carbocycles. The number of para-hydroxylation sites is 1. The van der Waals surface area contributed by atoms with E-state index in [0.717, 1.165) is 10.6 Å². The predicted molar refractivity (Wildman–Crippen MR) is 85.3 cm³/mol. The molecule has 5 nitrogen and oxygen atoms in total. The van der Waals surface area contributed by atoms with Gasteiger partial charge in [0.05, 0.1) is 25.5 Å². The third-order valence-corrected chi connectivity index (χ3v) is 3.77. The van der Waals surface area contributed by atoms with Crippen molar-refractivity contribution in [2.24, 2.45) is 0 Å². The van der Waals surface area contributed by atoms with Crippen molar-refractivity contribution in [3.05, 3.63) is 41.4 Å². The summed E-state index contributed by atoms with van der Waals surface area (Å²) in [6, 6.07) is 5.62. The van der Waals surface area contributed by atoms with Gasteiger partial charge in [-0.3, -0.25) is 0 Å². The van der Waals surface area contributed by atoms with Crippen molar-refractivity contribution in [2.75, 3.05) is 14.2 Å². The number of nitrogens with zero attached hydrogens (tertiary/aromatic N) is 1. The summed E-state index contributed by atoms with van der Waals surface area (Å²) in [6.45, 7) is 1.91. The summed E-state index contributed by atoms with van der Waals surface area (Å²) in [5.74, 6) is 0.907. The minimum absolute atomic E-state index is 0.145. The van der Waals surface area contributed by atoms with Crippen molar-refractivity contribution in [3.63, 3.8) is 0 Å². The van der Waals surface area contributed by atoms with Crippen molar-refractivity contribution in [3.8, 4) is 22.1 Å². The summed E-state index contributed by atoms with van der Waals surface area (Å²) >= 11 is 1.46. The number of carbonyl (C=O) groups excluding carboxylic acids is 1. The van der Waals surface area contributed by atoms with Gasteiger partial charge in [-0.25, -0.2) is 9.78 Å². The Morgan fingerprint density at radius 1 is 1.32 bits per heavy atom. The molecule has 0 unspecified atom stereocenters. The smallest absolute Gasteiger partial charge is 0.330 e. The Bertz CT molecular complexity index is 679. The molecule has 0 aliphatic carbocycles. The molecule has 0 fully saturated rings. The van der Waals surface area contributed by atoms with Crippen LogP contribution in [0, 0.1) is 0 Å². The van der Waals surface area contributed by atoms with Gasteiger partial charge in [0.1, 0.15) is 11.6 Å². The van der Waals surface area contributed by atoms with Crippen LogP contribution in [0.3, 0.4) is 0 Å². The SMILES string of the molecule is CC=CC(=O)OCc1csc(-c2cccc(OC)c2OC)n1. The highest BCUT2D eigenvalue weighted by Crippen LogP contribution is 2.38. The molecule has 0 saturated heterocycles. The van der Waals surface area contributed by atoms with E-state index in [1.807, 2.05) is 23.6 Å². The van der Waals surface area contributed by atoms with E-state index in [2.05, 4.69) is 4.98 Å². The molecule has 6 heteroatoms. The second kappa shape index (κ2) is 7.61. The van der Waals surface area contributed by atoms with E-state index in [4.69, 9.17) is 14.2 Å². The van der Waals surface area contributed by atoms with E-state index in [1.54, 1.807) is 27.2 Å². The molecule has 0 aliphatic rings. The highest BCUT2D eigenvalue weighted by molar-refractivity contribution is 7.13. The zero-order valence-electron chi connectivity index (χ0n) is 12.7. The number of allylic oxidation sites excluding steroid dienone is 1. The molecule has 0 atom stereocenters. The normalized spacial score (nSPS) is 10.7. The Morgan fingerprint density at radius 3 is 2.82 bits per heavy atom. The molecule has 0 N–H and O–H groups in total. The number of hydrogen-bond acceptors (Lipinski definition) is 6. The Balaban J connectivity index is 2.20. The number of ether oxygens (including phenoxy) is 3. The van der Waals surface area contributed by atoms with Gasteiger partial charge >= 0.3 is 5.97 Å². The molecule has 2 rings (SSSR count). The van der Waals surface area contributed by atoms with Crippen molar-refractivity contribution < 1.29 is 19.0 Å². The number of methoxy groups -OCH3 is 2. The summed E-state index contributed by atoms with van der Waals surface area (Å²) in [5, 5.41) is 2.64. The van der Waals surface area contributed by atoms with Gasteiger partial charge < -0.3 is 14.2 Å². The van der Waals surface area contributed by atoms with Crippen molar-refractivity contribution in [1.82, 2.24) is 4.98 Å². The number of esters is 1. The van der Waals surface area contributed by atoms with Gasteiger partial charge in [-0.2, -0.15) is 0 Å². The van der Waals surface area contributed by atoms with Gasteiger partial charge in [-0.15, -0.1) is 11.3 Å². The van der Waals surface area contributed by atoms with Crippen LogP contribution in [0.1, 0.15) is 12.6 Å². The summed E-state index contributed by atoms with van der Waals surface area (Å²) in [6.07, 6.45) is 3.01. The molecule has 0 amide bonds. The maximum atomic E-state index is 11.3. The molecule has 0 aliphatic heterocycles. The van der Waals surface area contributed by atoms with E-state index in [9.17, 15) is 4.79 Å². The second-order valence-corrected chi connectivity index (χ2v) is 5.15. The highest BCUT2D eigenvalue weighted by atomic mass is 32.1. The Kier molecular flexibility index (Phi) is 5.55. The predicted octanol–water partition coefficient (Wildman–Crippen LogP) is 3.45. The van der Waals surface area contributed by atoms with Gasteiger partial charge in [0.15, 0.2) is 11.5 Å². The fraction of sp³-hybridized carbons (Fsp3) is 0.250. The third-order valence-electron chi connectivity index (χ3n) is 2.85. The fourth-order valence-electron chi connectivity index (χ4n) is 1.88. The molecular weight excluding hydrogens is 302 g/mol. The number of hydrogen-bond donors (Lipinski definition) is 0. The first-order chi connectivity index (χ1) is 10.7. The van der Waals surface area contributed by atoms with Crippen molar-refractivity contribution in [2.45, 2.75) is 13.5 Å². The van der Waals surface area contributed by atoms with Crippen LogP contribution in [-0.2, 0) is 16.1 Å². The summed E-state index contributed by atoms with van der Waals surface area (Å²) in [7, 11) is 3.18. The molecule has 1 heterocycles. The van der Waals surface area contributed by atoms with E-state index in [0.29, 0.717) is 17.2 Å². The van der Waals surface area contributed by atoms with Crippen molar-refractivity contribution >= 4 is 17.3 Å². The molecule has 0 spiro atoms. The maximum Gasteiger partial charge on any atom is 0.330 e. The van der Waals surface area contributed by atoms with Crippen LogP contribution in [0.15, 0.2) is 35.7 Å². The molecule has 0 radical (unpaired) electrons. The zero-order valence-corrected chi connectivity index (χ0v) is 13.5. The summed E-state index contributed by atoms with van der Waals surface area (Å²) in [5.41, 5.74) is 1.54. The topological polar surface area (TPSA) is 57.7 Å². The van der Waals surface area contributed by atoms with Gasteiger partial charge in [-0.1, -0.05) is 12.1 Å². The second-order valence-electron chi connectivity index (χ2n) is 4.29. The molecule has 0 bridgehead atoms. The molecule has 116 valence electrons. The first kappa shape index (κ1) is 16.0. The fourth-order valence-corrected chi connectivity index (χ4v) is 2.71. The maximum absolute atomic E-state index is 11.3. The average molecular weight is 319 g/mol. The van der Waals surface area contributed by atoms with Gasteiger partial charge in [-0.05, 0) is 19.1 Å². The van der Waals surface area contributed by atoms with E-state index in [1.165, 1.54) is 17.4 Å². The Morgan fingerprint density at radius 2 is 2.14 bits per heavy atom.